The Hall–Kier alpha value is -4.48. The third-order valence-electron chi connectivity index (χ3n) is 6.19. The minimum absolute atomic E-state index is 0.0548. The van der Waals surface area contributed by atoms with E-state index in [4.69, 9.17) is 0 Å². The van der Waals surface area contributed by atoms with Gasteiger partial charge in [0.05, 0.1) is 18.0 Å². The fourth-order valence-electron chi connectivity index (χ4n) is 4.24. The van der Waals surface area contributed by atoms with E-state index in [2.05, 4.69) is 4.98 Å². The van der Waals surface area contributed by atoms with Crippen LogP contribution in [-0.2, 0) is 22.7 Å². The van der Waals surface area contributed by atoms with Gasteiger partial charge >= 0.3 is 11.9 Å². The van der Waals surface area contributed by atoms with Crippen LogP contribution in [0.15, 0.2) is 69.1 Å². The molecule has 0 radical (unpaired) electrons. The van der Waals surface area contributed by atoms with Gasteiger partial charge in [0.15, 0.2) is 0 Å². The first-order chi connectivity index (χ1) is 17.9. The summed E-state index contributed by atoms with van der Waals surface area (Å²) >= 11 is 0. The highest BCUT2D eigenvalue weighted by Gasteiger charge is 2.45. The summed E-state index contributed by atoms with van der Waals surface area (Å²) in [5.74, 6) is -3.99. The Kier molecular flexibility index (Phi) is 7.07. The molecule has 0 aliphatic carbocycles. The highest BCUT2D eigenvalue weighted by molar-refractivity contribution is 5.93. The number of aromatic amines is 1. The number of hydrogen-bond donors (Lipinski definition) is 2. The van der Waals surface area contributed by atoms with Crippen molar-refractivity contribution >= 4 is 33.4 Å². The zero-order chi connectivity index (χ0) is 27.8. The van der Waals surface area contributed by atoms with E-state index in [-0.39, 0.29) is 17.4 Å². The van der Waals surface area contributed by atoms with Crippen LogP contribution in [0, 0.1) is 5.92 Å². The molecule has 0 saturated carbocycles. The van der Waals surface area contributed by atoms with E-state index in [9.17, 15) is 37.1 Å². The van der Waals surface area contributed by atoms with Crippen molar-refractivity contribution in [3.05, 3.63) is 91.5 Å². The molecule has 2 aromatic heterocycles. The van der Waals surface area contributed by atoms with E-state index in [0.29, 0.717) is 5.56 Å². The predicted molar refractivity (Wildman–Crippen MR) is 134 cm³/mol. The smallest absolute Gasteiger partial charge is 0.344 e. The van der Waals surface area contributed by atoms with Gasteiger partial charge < -0.3 is 14.9 Å². The molecule has 0 aliphatic heterocycles. The summed E-state index contributed by atoms with van der Waals surface area (Å²) in [6.45, 7) is 1.89. The maximum Gasteiger partial charge on any atom is 0.452 e. The number of aromatic nitrogens is 3. The van der Waals surface area contributed by atoms with Crippen LogP contribution in [0.25, 0.3) is 21.7 Å². The molecule has 198 valence electrons. The lowest BCUT2D eigenvalue weighted by atomic mass is 9.99. The summed E-state index contributed by atoms with van der Waals surface area (Å²) in [6.07, 6.45) is -4.02. The number of carbonyl (C=O) groups is 2. The summed E-state index contributed by atoms with van der Waals surface area (Å²) < 4.78 is 40.4. The Balaban J connectivity index is 1.65. The van der Waals surface area contributed by atoms with E-state index >= 15 is 0 Å². The fraction of sp³-hybridized carbons (Fsp3) is 0.269. The Morgan fingerprint density at radius 3 is 2.32 bits per heavy atom. The molecule has 4 aromatic rings. The summed E-state index contributed by atoms with van der Waals surface area (Å²) in [5, 5.41) is 3.69. The van der Waals surface area contributed by atoms with Crippen LogP contribution >= 0.6 is 0 Å². The molecular weight excluding hydrogens is 505 g/mol. The molecule has 38 heavy (non-hydrogen) atoms. The van der Waals surface area contributed by atoms with Crippen molar-refractivity contribution in [2.45, 2.75) is 39.2 Å². The standard InChI is InChI=1S/C26H23F3N4O5/c1-14(2)20(22(35)26(27,28)29)30-19(34)13-32-11-10-18-21(24(32)37)31-25(38)33(23(18)36)12-16-8-5-7-15-6-3-4-9-17(15)16/h3-11,14,20H,12-13H2,1-2H3,(H,30,34)(H,31,38). The number of fused-ring (bicyclic) bond motifs is 2. The van der Waals surface area contributed by atoms with Crippen molar-refractivity contribution in [2.75, 3.05) is 0 Å². The first-order valence-corrected chi connectivity index (χ1v) is 11.6. The Morgan fingerprint density at radius 2 is 1.63 bits per heavy atom. The van der Waals surface area contributed by atoms with Crippen molar-refractivity contribution in [1.82, 2.24) is 19.4 Å². The highest BCUT2D eigenvalue weighted by atomic mass is 19.4. The molecule has 0 saturated heterocycles. The maximum absolute atomic E-state index is 13.1. The van der Waals surface area contributed by atoms with Crippen LogP contribution < -0.4 is 22.1 Å². The second-order valence-electron chi connectivity index (χ2n) is 9.15. The zero-order valence-corrected chi connectivity index (χ0v) is 20.3. The maximum atomic E-state index is 13.1. The summed E-state index contributed by atoms with van der Waals surface area (Å²) in [5.41, 5.74) is -2.09. The topological polar surface area (TPSA) is 123 Å². The SMILES string of the molecule is CC(C)C(NC(=O)Cn1ccc2c(=O)n(Cc3cccc4ccccc34)c(=O)[nH]c2c1=O)C(=O)C(F)(F)F. The molecule has 2 heterocycles. The molecule has 4 rings (SSSR count). The lowest BCUT2D eigenvalue weighted by Gasteiger charge is -2.22. The molecule has 0 spiro atoms. The average molecular weight is 528 g/mol. The second-order valence-corrected chi connectivity index (χ2v) is 9.15. The number of ketones is 1. The van der Waals surface area contributed by atoms with E-state index in [0.717, 1.165) is 26.1 Å². The molecule has 2 N–H and O–H groups in total. The molecule has 9 nitrogen and oxygen atoms in total. The van der Waals surface area contributed by atoms with E-state index in [1.165, 1.54) is 19.9 Å². The van der Waals surface area contributed by atoms with Crippen molar-refractivity contribution in [1.29, 1.82) is 0 Å². The Bertz CT molecular complexity index is 1730. The van der Waals surface area contributed by atoms with Gasteiger partial charge in [-0.3, -0.25) is 23.7 Å². The number of amides is 1. The summed E-state index contributed by atoms with van der Waals surface area (Å²) in [7, 11) is 0. The number of carbonyl (C=O) groups excluding carboxylic acids is 2. The number of alkyl halides is 3. The number of nitrogens with zero attached hydrogens (tertiary/aromatic N) is 2. The highest BCUT2D eigenvalue weighted by Crippen LogP contribution is 2.21. The number of hydrogen-bond acceptors (Lipinski definition) is 5. The number of rotatable bonds is 7. The predicted octanol–water partition coefficient (Wildman–Crippen LogP) is 2.33. The van der Waals surface area contributed by atoms with Crippen molar-refractivity contribution in [2.24, 2.45) is 5.92 Å². The molecule has 1 amide bonds. The van der Waals surface area contributed by atoms with Gasteiger partial charge in [-0.2, -0.15) is 13.2 Å². The summed E-state index contributed by atoms with van der Waals surface area (Å²) in [4.78, 5) is 65.3. The number of Topliss-reactive ketones (excluding diaryl/α,β-unsaturated/α-hetero) is 1. The van der Waals surface area contributed by atoms with E-state index in [1.54, 1.807) is 12.1 Å². The number of nitrogens with one attached hydrogen (secondary N) is 2. The largest absolute Gasteiger partial charge is 0.452 e. The number of benzene rings is 2. The summed E-state index contributed by atoms with van der Waals surface area (Å²) in [6, 6.07) is 12.3. The number of halogens is 3. The molecule has 2 aromatic carbocycles. The second kappa shape index (κ2) is 10.1. The van der Waals surface area contributed by atoms with Crippen LogP contribution in [-0.4, -0.2) is 38.0 Å². The van der Waals surface area contributed by atoms with Gasteiger partial charge in [-0.05, 0) is 28.3 Å². The lowest BCUT2D eigenvalue weighted by molar-refractivity contribution is -0.174. The van der Waals surface area contributed by atoms with Gasteiger partial charge in [-0.15, -0.1) is 0 Å². The molecular formula is C26H23F3N4O5. The quantitative estimate of drug-likeness (QED) is 0.381. The number of pyridine rings is 1. The van der Waals surface area contributed by atoms with Gasteiger partial charge in [0.2, 0.25) is 5.91 Å². The number of H-pyrrole nitrogens is 1. The van der Waals surface area contributed by atoms with Crippen LogP contribution in [0.4, 0.5) is 13.2 Å². The minimum atomic E-state index is -5.15. The van der Waals surface area contributed by atoms with E-state index < -0.39 is 53.2 Å². The molecule has 0 aliphatic rings. The fourth-order valence-corrected chi connectivity index (χ4v) is 4.24. The molecule has 1 atom stereocenters. The van der Waals surface area contributed by atoms with Gasteiger partial charge in [0.1, 0.15) is 12.1 Å². The molecule has 0 fully saturated rings. The monoisotopic (exact) mass is 528 g/mol. The first kappa shape index (κ1) is 26.6. The Morgan fingerprint density at radius 1 is 0.947 bits per heavy atom. The van der Waals surface area contributed by atoms with Gasteiger partial charge in [0, 0.05) is 6.20 Å². The van der Waals surface area contributed by atoms with Gasteiger partial charge in [-0.25, -0.2) is 4.79 Å². The van der Waals surface area contributed by atoms with Crippen molar-refractivity contribution in [3.8, 4) is 0 Å². The minimum Gasteiger partial charge on any atom is -0.344 e. The van der Waals surface area contributed by atoms with Crippen molar-refractivity contribution in [3.63, 3.8) is 0 Å². The van der Waals surface area contributed by atoms with Gasteiger partial charge in [-0.1, -0.05) is 56.3 Å². The molecule has 0 bridgehead atoms. The van der Waals surface area contributed by atoms with Crippen LogP contribution in [0.3, 0.4) is 0 Å². The average Bonchev–Trinajstić information content (AvgIpc) is 2.86. The molecule has 12 heteroatoms. The third-order valence-corrected chi connectivity index (χ3v) is 6.19. The lowest BCUT2D eigenvalue weighted by Crippen LogP contribution is -2.50. The van der Waals surface area contributed by atoms with Crippen molar-refractivity contribution < 1.29 is 22.8 Å². The van der Waals surface area contributed by atoms with Gasteiger partial charge in [0.25, 0.3) is 16.9 Å². The van der Waals surface area contributed by atoms with E-state index in [1.807, 2.05) is 35.6 Å². The van der Waals surface area contributed by atoms with Crippen LogP contribution in [0.5, 0.6) is 0 Å². The van der Waals surface area contributed by atoms with Crippen LogP contribution in [0.1, 0.15) is 19.4 Å². The first-order valence-electron chi connectivity index (χ1n) is 11.6. The normalized spacial score (nSPS) is 12.7. The Labute approximate surface area is 212 Å². The zero-order valence-electron chi connectivity index (χ0n) is 20.3. The third kappa shape index (κ3) is 5.15. The molecule has 1 unspecified atom stereocenters. The van der Waals surface area contributed by atoms with Crippen LogP contribution in [0.2, 0.25) is 0 Å².